The van der Waals surface area contributed by atoms with Gasteiger partial charge in [0.2, 0.25) is 10.0 Å². The predicted octanol–water partition coefficient (Wildman–Crippen LogP) is 4.06. The first-order valence-electron chi connectivity index (χ1n) is 9.34. The Hall–Kier alpha value is -2.55. The lowest BCUT2D eigenvalue weighted by Gasteiger charge is -2.09. The highest BCUT2D eigenvalue weighted by atomic mass is 32.2. The summed E-state index contributed by atoms with van der Waals surface area (Å²) in [5.41, 5.74) is 2.80. The Morgan fingerprint density at radius 2 is 1.93 bits per heavy atom. The molecule has 6 nitrogen and oxygen atoms in total. The molecule has 29 heavy (non-hydrogen) atoms. The number of amides is 1. The highest BCUT2D eigenvalue weighted by Gasteiger charge is 2.24. The van der Waals surface area contributed by atoms with E-state index in [2.05, 4.69) is 15.0 Å². The van der Waals surface area contributed by atoms with Gasteiger partial charge in [0.05, 0.1) is 15.6 Å². The number of anilines is 1. The summed E-state index contributed by atoms with van der Waals surface area (Å²) in [5, 5.41) is 5.80. The van der Waals surface area contributed by atoms with Gasteiger partial charge in [0.25, 0.3) is 5.91 Å². The third-order valence-corrected chi connectivity index (χ3v) is 6.92. The van der Waals surface area contributed by atoms with E-state index in [1.807, 2.05) is 24.4 Å². The zero-order chi connectivity index (χ0) is 20.4. The number of carbonyl (C=O) groups is 1. The summed E-state index contributed by atoms with van der Waals surface area (Å²) in [4.78, 5) is 17.1. The molecule has 0 atom stereocenters. The third-order valence-electron chi connectivity index (χ3n) is 4.72. The van der Waals surface area contributed by atoms with Gasteiger partial charge in [-0.15, -0.1) is 11.3 Å². The zero-order valence-electron chi connectivity index (χ0n) is 15.9. The summed E-state index contributed by atoms with van der Waals surface area (Å²) in [6.45, 7) is 2.40. The van der Waals surface area contributed by atoms with E-state index >= 15 is 0 Å². The van der Waals surface area contributed by atoms with Gasteiger partial charge in [-0.05, 0) is 56.0 Å². The van der Waals surface area contributed by atoms with Crippen LogP contribution in [0, 0.1) is 12.8 Å². The Kier molecular flexibility index (Phi) is 5.49. The zero-order valence-corrected chi connectivity index (χ0v) is 17.5. The predicted molar refractivity (Wildman–Crippen MR) is 115 cm³/mol. The number of rotatable bonds is 7. The van der Waals surface area contributed by atoms with Gasteiger partial charge in [-0.2, -0.15) is 0 Å². The van der Waals surface area contributed by atoms with Crippen molar-refractivity contribution in [2.45, 2.75) is 24.7 Å². The first-order chi connectivity index (χ1) is 13.9. The molecule has 1 aliphatic carbocycles. The molecule has 1 saturated carbocycles. The number of thiazole rings is 1. The molecule has 1 amide bonds. The van der Waals surface area contributed by atoms with E-state index in [0.717, 1.165) is 29.1 Å². The fourth-order valence-electron chi connectivity index (χ4n) is 2.86. The largest absolute Gasteiger partial charge is 0.322 e. The van der Waals surface area contributed by atoms with E-state index in [0.29, 0.717) is 23.7 Å². The number of carbonyl (C=O) groups excluding carboxylic acids is 1. The van der Waals surface area contributed by atoms with Crippen molar-refractivity contribution < 1.29 is 13.2 Å². The third kappa shape index (κ3) is 4.90. The summed E-state index contributed by atoms with van der Waals surface area (Å²) in [6, 6.07) is 13.5. The smallest absolute Gasteiger partial charge is 0.255 e. The molecular formula is C21H21N3O3S2. The second-order valence-corrected chi connectivity index (χ2v) is 9.94. The van der Waals surface area contributed by atoms with Crippen LogP contribution < -0.4 is 10.0 Å². The van der Waals surface area contributed by atoms with Crippen molar-refractivity contribution in [1.82, 2.24) is 9.71 Å². The van der Waals surface area contributed by atoms with Crippen molar-refractivity contribution in [3.63, 3.8) is 0 Å². The molecule has 4 rings (SSSR count). The van der Waals surface area contributed by atoms with Crippen molar-refractivity contribution in [2.75, 3.05) is 11.9 Å². The average Bonchev–Trinajstić information content (AvgIpc) is 3.46. The lowest BCUT2D eigenvalue weighted by molar-refractivity contribution is 0.102. The van der Waals surface area contributed by atoms with Crippen molar-refractivity contribution in [3.05, 3.63) is 64.5 Å². The quantitative estimate of drug-likeness (QED) is 0.595. The van der Waals surface area contributed by atoms with Crippen LogP contribution in [0.2, 0.25) is 0 Å². The number of hydrogen-bond acceptors (Lipinski definition) is 5. The molecule has 150 valence electrons. The SMILES string of the molecule is Cc1nc(-c2ccc(NC(=O)c3cccc(S(=O)(=O)NCC4CC4)c3)cc2)cs1. The molecule has 1 aromatic heterocycles. The molecule has 1 aliphatic rings. The van der Waals surface area contributed by atoms with E-state index in [9.17, 15) is 13.2 Å². The number of sulfonamides is 1. The van der Waals surface area contributed by atoms with Gasteiger partial charge >= 0.3 is 0 Å². The van der Waals surface area contributed by atoms with Crippen LogP contribution in [-0.4, -0.2) is 25.9 Å². The normalized spacial score (nSPS) is 14.0. The summed E-state index contributed by atoms with van der Waals surface area (Å²) in [7, 11) is -3.61. The molecule has 0 aliphatic heterocycles. The molecule has 0 unspecified atom stereocenters. The number of nitrogens with one attached hydrogen (secondary N) is 2. The molecular weight excluding hydrogens is 406 g/mol. The van der Waals surface area contributed by atoms with Crippen LogP contribution in [0.1, 0.15) is 28.2 Å². The Balaban J connectivity index is 1.45. The second-order valence-electron chi connectivity index (χ2n) is 7.11. The summed E-state index contributed by atoms with van der Waals surface area (Å²) < 4.78 is 27.5. The molecule has 0 spiro atoms. The maximum Gasteiger partial charge on any atom is 0.255 e. The van der Waals surface area contributed by atoms with Crippen LogP contribution >= 0.6 is 11.3 Å². The van der Waals surface area contributed by atoms with Gasteiger partial charge in [0.15, 0.2) is 0 Å². The van der Waals surface area contributed by atoms with E-state index < -0.39 is 10.0 Å². The molecule has 0 radical (unpaired) electrons. The Morgan fingerprint density at radius 3 is 2.59 bits per heavy atom. The molecule has 1 heterocycles. The van der Waals surface area contributed by atoms with E-state index in [1.54, 1.807) is 35.6 Å². The average molecular weight is 428 g/mol. The maximum atomic E-state index is 12.6. The Morgan fingerprint density at radius 1 is 1.17 bits per heavy atom. The van der Waals surface area contributed by atoms with Crippen molar-refractivity contribution in [3.8, 4) is 11.3 Å². The Labute approximate surface area is 174 Å². The van der Waals surface area contributed by atoms with Gasteiger partial charge in [0.1, 0.15) is 0 Å². The molecule has 0 saturated heterocycles. The molecule has 3 aromatic rings. The minimum Gasteiger partial charge on any atom is -0.322 e. The maximum absolute atomic E-state index is 12.6. The molecule has 1 fully saturated rings. The molecule has 2 aromatic carbocycles. The number of hydrogen-bond donors (Lipinski definition) is 2. The van der Waals surface area contributed by atoms with E-state index in [-0.39, 0.29) is 10.8 Å². The van der Waals surface area contributed by atoms with Crippen LogP contribution in [0.3, 0.4) is 0 Å². The van der Waals surface area contributed by atoms with Crippen LogP contribution in [0.5, 0.6) is 0 Å². The number of aromatic nitrogens is 1. The van der Waals surface area contributed by atoms with Gasteiger partial charge in [-0.3, -0.25) is 4.79 Å². The molecule has 0 bridgehead atoms. The van der Waals surface area contributed by atoms with Crippen molar-refractivity contribution in [1.29, 1.82) is 0 Å². The van der Waals surface area contributed by atoms with Gasteiger partial charge < -0.3 is 5.32 Å². The molecule has 2 N–H and O–H groups in total. The highest BCUT2D eigenvalue weighted by molar-refractivity contribution is 7.89. The fraction of sp³-hybridized carbons (Fsp3) is 0.238. The number of benzene rings is 2. The van der Waals surface area contributed by atoms with Gasteiger partial charge in [-0.25, -0.2) is 18.1 Å². The lowest BCUT2D eigenvalue weighted by atomic mass is 10.1. The topological polar surface area (TPSA) is 88.2 Å². The van der Waals surface area contributed by atoms with E-state index in [1.165, 1.54) is 12.1 Å². The molecule has 8 heteroatoms. The van der Waals surface area contributed by atoms with Crippen molar-refractivity contribution in [2.24, 2.45) is 5.92 Å². The first-order valence-corrected chi connectivity index (χ1v) is 11.7. The van der Waals surface area contributed by atoms with Crippen LogP contribution in [0.25, 0.3) is 11.3 Å². The van der Waals surface area contributed by atoms with Gasteiger partial charge in [0, 0.05) is 28.7 Å². The van der Waals surface area contributed by atoms with Crippen molar-refractivity contribution >= 4 is 33.0 Å². The minimum absolute atomic E-state index is 0.0973. The van der Waals surface area contributed by atoms with Crippen LogP contribution in [0.4, 0.5) is 5.69 Å². The second kappa shape index (κ2) is 8.06. The standard InChI is InChI=1S/C21H21N3O3S2/c1-14-23-20(13-28-14)16-7-9-18(10-8-16)24-21(25)17-3-2-4-19(11-17)29(26,27)22-12-15-5-6-15/h2-4,7-11,13,15,22H,5-6,12H2,1H3,(H,24,25). The summed E-state index contributed by atoms with van der Waals surface area (Å²) >= 11 is 1.59. The number of aryl methyl sites for hydroxylation is 1. The highest BCUT2D eigenvalue weighted by Crippen LogP contribution is 2.28. The van der Waals surface area contributed by atoms with E-state index in [4.69, 9.17) is 0 Å². The summed E-state index contributed by atoms with van der Waals surface area (Å²) in [5.74, 6) is 0.0777. The summed E-state index contributed by atoms with van der Waals surface area (Å²) in [6.07, 6.45) is 2.12. The van der Waals surface area contributed by atoms with Crippen LogP contribution in [0.15, 0.2) is 58.8 Å². The van der Waals surface area contributed by atoms with Gasteiger partial charge in [-0.1, -0.05) is 18.2 Å². The fourth-order valence-corrected chi connectivity index (χ4v) is 4.64. The number of nitrogens with zero attached hydrogens (tertiary/aromatic N) is 1. The first kappa shape index (κ1) is 19.8. The monoisotopic (exact) mass is 427 g/mol. The Bertz CT molecular complexity index is 1130. The lowest BCUT2D eigenvalue weighted by Crippen LogP contribution is -2.26. The minimum atomic E-state index is -3.61. The van der Waals surface area contributed by atoms with Crippen LogP contribution in [-0.2, 0) is 10.0 Å².